The minimum absolute atomic E-state index is 0.0686. The summed E-state index contributed by atoms with van der Waals surface area (Å²) in [5.41, 5.74) is 6.58. The predicted octanol–water partition coefficient (Wildman–Crippen LogP) is 9.81. The van der Waals surface area contributed by atoms with Gasteiger partial charge in [0.25, 0.3) is 0 Å². The van der Waals surface area contributed by atoms with E-state index in [0.717, 1.165) is 53.8 Å². The lowest BCUT2D eigenvalue weighted by Gasteiger charge is -2.27. The van der Waals surface area contributed by atoms with Crippen molar-refractivity contribution in [2.75, 3.05) is 12.4 Å². The first-order valence-corrected chi connectivity index (χ1v) is 17.6. The number of benzene rings is 2. The van der Waals surface area contributed by atoms with E-state index < -0.39 is 5.97 Å². The number of aliphatic hydroxyl groups excluding tert-OH is 1. The molecule has 6 rings (SSSR count). The molecular weight excluding hydrogens is 617 g/mol. The number of halogens is 2. The predicted molar refractivity (Wildman–Crippen MR) is 180 cm³/mol. The average molecular weight is 655 g/mol. The number of aromatic nitrogens is 1. The summed E-state index contributed by atoms with van der Waals surface area (Å²) in [6, 6.07) is 21.7. The summed E-state index contributed by atoms with van der Waals surface area (Å²) in [4.78, 5) is 16.5. The molecule has 2 aromatic carbocycles. The number of pyridine rings is 1. The highest BCUT2D eigenvalue weighted by molar-refractivity contribution is 7.99. The van der Waals surface area contributed by atoms with Crippen LogP contribution in [0.5, 0.6) is 0 Å². The Bertz CT molecular complexity index is 1650. The first-order valence-electron chi connectivity index (χ1n) is 15.0. The number of aliphatic hydroxyl groups is 1. The van der Waals surface area contributed by atoms with Gasteiger partial charge in [0.15, 0.2) is 0 Å². The lowest BCUT2D eigenvalue weighted by atomic mass is 9.81. The lowest BCUT2D eigenvalue weighted by molar-refractivity contribution is -0.138. The third kappa shape index (κ3) is 6.79. The molecule has 4 aromatic rings. The molecule has 2 aliphatic carbocycles. The number of hydrogen-bond acceptors (Lipinski definition) is 5. The van der Waals surface area contributed by atoms with Gasteiger partial charge in [-0.05, 0) is 77.8 Å². The van der Waals surface area contributed by atoms with Gasteiger partial charge in [0.05, 0.1) is 22.8 Å². The van der Waals surface area contributed by atoms with Crippen LogP contribution in [0.15, 0.2) is 60.7 Å². The fourth-order valence-corrected chi connectivity index (χ4v) is 9.27. The molecule has 2 saturated carbocycles. The summed E-state index contributed by atoms with van der Waals surface area (Å²) in [6.07, 6.45) is 5.13. The Balaban J connectivity index is 1.23. The number of thiophene rings is 1. The van der Waals surface area contributed by atoms with Crippen molar-refractivity contribution in [3.63, 3.8) is 0 Å². The number of thioether (sulfide) groups is 1. The Hall–Kier alpha value is -2.09. The molecule has 43 heavy (non-hydrogen) atoms. The van der Waals surface area contributed by atoms with Crippen LogP contribution < -0.4 is 0 Å². The van der Waals surface area contributed by atoms with E-state index in [0.29, 0.717) is 21.2 Å². The Kier molecular flexibility index (Phi) is 8.89. The van der Waals surface area contributed by atoms with Crippen LogP contribution in [0.25, 0.3) is 10.2 Å². The van der Waals surface area contributed by atoms with Crippen LogP contribution in [0.3, 0.4) is 0 Å². The molecule has 0 amide bonds. The number of carboxylic acid groups (broad SMARTS) is 1. The molecule has 8 heteroatoms. The first-order chi connectivity index (χ1) is 20.6. The van der Waals surface area contributed by atoms with Crippen LogP contribution in [0.1, 0.15) is 91.0 Å². The van der Waals surface area contributed by atoms with E-state index >= 15 is 0 Å². The van der Waals surface area contributed by atoms with Gasteiger partial charge in [-0.3, -0.25) is 4.79 Å². The Morgan fingerprint density at radius 2 is 1.91 bits per heavy atom. The van der Waals surface area contributed by atoms with E-state index in [1.165, 1.54) is 33.6 Å². The Morgan fingerprint density at radius 3 is 2.65 bits per heavy atom. The summed E-state index contributed by atoms with van der Waals surface area (Å²) in [5.74, 6) is 0.932. The fraction of sp³-hybridized carbons (Fsp3) is 0.429. The molecule has 3 atom stereocenters. The van der Waals surface area contributed by atoms with E-state index in [4.69, 9.17) is 28.2 Å². The van der Waals surface area contributed by atoms with Crippen molar-refractivity contribution in [2.45, 2.75) is 74.9 Å². The summed E-state index contributed by atoms with van der Waals surface area (Å²) in [5, 5.41) is 20.4. The molecule has 0 spiro atoms. The fourth-order valence-electron chi connectivity index (χ4n) is 6.29. The van der Waals surface area contributed by atoms with Crippen molar-refractivity contribution in [2.24, 2.45) is 5.41 Å². The van der Waals surface area contributed by atoms with Gasteiger partial charge < -0.3 is 10.2 Å². The molecule has 0 radical (unpaired) electrons. The normalized spacial score (nSPS) is 19.8. The topological polar surface area (TPSA) is 70.4 Å². The van der Waals surface area contributed by atoms with Gasteiger partial charge in [0, 0.05) is 28.0 Å². The largest absolute Gasteiger partial charge is 0.481 e. The number of nitrogens with zero attached hydrogens (tertiary/aromatic N) is 1. The van der Waals surface area contributed by atoms with Crippen LogP contribution in [0.4, 0.5) is 0 Å². The van der Waals surface area contributed by atoms with E-state index in [2.05, 4.69) is 68.4 Å². The highest BCUT2D eigenvalue weighted by Crippen LogP contribution is 2.56. The number of hydrogen-bond donors (Lipinski definition) is 2. The van der Waals surface area contributed by atoms with Gasteiger partial charge in [0.1, 0.15) is 9.85 Å². The number of rotatable bonds is 13. The standard InChI is InChI=1S/C35H37Cl2NO3S2/c1-34(2,19-39)26-9-4-3-6-21(26)10-12-28(42-20-35(14-15-35)18-30(40)41)23-8-5-7-22(16-23)24-17-25(24)27-11-13-29-32(38-27)31(36)33(37)43-29/h3-9,11,13,16,24-25,28,39H,10,12,14-15,17-20H2,1-2H3,(H,40,41)/t24?,25?,28-/m1/s1. The SMILES string of the molecule is CC(C)(CO)c1ccccc1CC[C@@H](SCC1(CC(=O)O)CC1)c1cccc(C2CC2c2ccc3sc(Cl)c(Cl)c3n2)c1. The molecule has 2 aliphatic rings. The molecule has 0 bridgehead atoms. The molecule has 2 aromatic heterocycles. The van der Waals surface area contributed by atoms with Crippen LogP contribution in [0, 0.1) is 5.41 Å². The summed E-state index contributed by atoms with van der Waals surface area (Å²) < 4.78 is 1.60. The third-order valence-electron chi connectivity index (χ3n) is 9.23. The quantitative estimate of drug-likeness (QED) is 0.150. The minimum atomic E-state index is -0.700. The van der Waals surface area contributed by atoms with Gasteiger partial charge >= 0.3 is 5.97 Å². The molecular formula is C35H37Cl2NO3S2. The van der Waals surface area contributed by atoms with Gasteiger partial charge in [-0.2, -0.15) is 11.8 Å². The highest BCUT2D eigenvalue weighted by Gasteiger charge is 2.45. The van der Waals surface area contributed by atoms with Gasteiger partial charge in [-0.15, -0.1) is 11.3 Å². The van der Waals surface area contributed by atoms with Gasteiger partial charge in [-0.25, -0.2) is 4.98 Å². The maximum absolute atomic E-state index is 11.6. The first kappa shape index (κ1) is 30.9. The number of fused-ring (bicyclic) bond motifs is 1. The van der Waals surface area contributed by atoms with E-state index in [1.54, 1.807) is 0 Å². The van der Waals surface area contributed by atoms with Gasteiger partial charge in [0.2, 0.25) is 0 Å². The minimum Gasteiger partial charge on any atom is -0.481 e. The average Bonchev–Trinajstić information content (AvgIpc) is 3.92. The van der Waals surface area contributed by atoms with Crippen molar-refractivity contribution < 1.29 is 15.0 Å². The Labute approximate surface area is 271 Å². The number of aryl methyl sites for hydroxylation is 1. The zero-order valence-electron chi connectivity index (χ0n) is 24.5. The van der Waals surface area contributed by atoms with Crippen LogP contribution in [0.2, 0.25) is 9.36 Å². The summed E-state index contributed by atoms with van der Waals surface area (Å²) >= 11 is 16.1. The summed E-state index contributed by atoms with van der Waals surface area (Å²) in [7, 11) is 0. The van der Waals surface area contributed by atoms with Crippen molar-refractivity contribution in [1.82, 2.24) is 4.98 Å². The van der Waals surface area contributed by atoms with Crippen molar-refractivity contribution >= 4 is 62.5 Å². The smallest absolute Gasteiger partial charge is 0.303 e. The number of aliphatic carboxylic acids is 1. The molecule has 2 heterocycles. The van der Waals surface area contributed by atoms with Crippen molar-refractivity contribution in [3.8, 4) is 0 Å². The second kappa shape index (κ2) is 12.4. The molecule has 2 unspecified atom stereocenters. The molecule has 0 aliphatic heterocycles. The molecule has 226 valence electrons. The Morgan fingerprint density at radius 1 is 1.12 bits per heavy atom. The summed E-state index contributed by atoms with van der Waals surface area (Å²) in [6.45, 7) is 4.27. The van der Waals surface area contributed by atoms with E-state index in [1.807, 2.05) is 17.8 Å². The van der Waals surface area contributed by atoms with Crippen LogP contribution >= 0.6 is 46.3 Å². The highest BCUT2D eigenvalue weighted by atomic mass is 35.5. The maximum Gasteiger partial charge on any atom is 0.303 e. The van der Waals surface area contributed by atoms with Crippen LogP contribution in [-0.4, -0.2) is 33.5 Å². The van der Waals surface area contributed by atoms with Crippen LogP contribution in [-0.2, 0) is 16.6 Å². The van der Waals surface area contributed by atoms with E-state index in [9.17, 15) is 15.0 Å². The molecule has 4 nitrogen and oxygen atoms in total. The van der Waals surface area contributed by atoms with Gasteiger partial charge in [-0.1, -0.05) is 85.6 Å². The van der Waals surface area contributed by atoms with E-state index in [-0.39, 0.29) is 29.1 Å². The zero-order chi connectivity index (χ0) is 30.4. The zero-order valence-corrected chi connectivity index (χ0v) is 27.6. The molecule has 2 N–H and O–H groups in total. The number of carboxylic acids is 1. The lowest BCUT2D eigenvalue weighted by Crippen LogP contribution is -2.24. The molecule has 0 saturated heterocycles. The third-order valence-corrected chi connectivity index (χ3v) is 12.9. The number of carbonyl (C=O) groups is 1. The maximum atomic E-state index is 11.6. The van der Waals surface area contributed by atoms with Crippen molar-refractivity contribution in [1.29, 1.82) is 0 Å². The monoisotopic (exact) mass is 653 g/mol. The molecule has 2 fully saturated rings. The second-order valence-electron chi connectivity index (χ2n) is 13.0. The van der Waals surface area contributed by atoms with Crippen molar-refractivity contribution in [3.05, 3.63) is 98.0 Å². The second-order valence-corrected chi connectivity index (χ2v) is 16.2.